The number of rotatable bonds is 2. The summed E-state index contributed by atoms with van der Waals surface area (Å²) in [7, 11) is 0. The van der Waals surface area contributed by atoms with Gasteiger partial charge in [0.2, 0.25) is 5.91 Å². The van der Waals surface area contributed by atoms with Gasteiger partial charge < -0.3 is 15.1 Å². The summed E-state index contributed by atoms with van der Waals surface area (Å²) in [6, 6.07) is 10.5. The summed E-state index contributed by atoms with van der Waals surface area (Å²) < 4.78 is 0. The first kappa shape index (κ1) is 19.1. The van der Waals surface area contributed by atoms with Gasteiger partial charge in [0, 0.05) is 37.8 Å². The molecule has 0 bridgehead atoms. The van der Waals surface area contributed by atoms with Gasteiger partial charge in [-0.2, -0.15) is 0 Å². The molecule has 0 unspecified atom stereocenters. The third kappa shape index (κ3) is 4.51. The van der Waals surface area contributed by atoms with Gasteiger partial charge in [0.05, 0.1) is 0 Å². The highest BCUT2D eigenvalue weighted by atomic mass is 35.5. The molecule has 124 valence electrons. The number of halogens is 2. The van der Waals surface area contributed by atoms with Crippen molar-refractivity contribution in [2.75, 3.05) is 44.2 Å². The number of piperidine rings is 1. The van der Waals surface area contributed by atoms with E-state index >= 15 is 0 Å². The maximum absolute atomic E-state index is 12.5. The van der Waals surface area contributed by atoms with Crippen molar-refractivity contribution in [1.82, 2.24) is 10.2 Å². The summed E-state index contributed by atoms with van der Waals surface area (Å²) in [5.41, 5.74) is 1.27. The Morgan fingerprint density at radius 2 is 1.55 bits per heavy atom. The molecule has 2 fully saturated rings. The Kier molecular flexibility index (Phi) is 8.01. The van der Waals surface area contributed by atoms with E-state index in [4.69, 9.17) is 0 Å². The van der Waals surface area contributed by atoms with E-state index in [9.17, 15) is 4.79 Å². The van der Waals surface area contributed by atoms with E-state index in [1.54, 1.807) is 0 Å². The van der Waals surface area contributed by atoms with Gasteiger partial charge in [-0.15, -0.1) is 24.8 Å². The molecule has 0 atom stereocenters. The molecule has 2 aliphatic heterocycles. The monoisotopic (exact) mass is 345 g/mol. The van der Waals surface area contributed by atoms with Crippen molar-refractivity contribution in [3.63, 3.8) is 0 Å². The van der Waals surface area contributed by atoms with Crippen LogP contribution in [-0.4, -0.2) is 50.1 Å². The number of benzene rings is 1. The van der Waals surface area contributed by atoms with Gasteiger partial charge in [-0.05, 0) is 38.1 Å². The molecule has 0 radical (unpaired) electrons. The zero-order chi connectivity index (χ0) is 13.8. The second kappa shape index (κ2) is 9.23. The lowest BCUT2D eigenvalue weighted by Gasteiger charge is -2.38. The predicted molar refractivity (Wildman–Crippen MR) is 95.3 cm³/mol. The second-order valence-corrected chi connectivity index (χ2v) is 5.67. The largest absolute Gasteiger partial charge is 0.368 e. The van der Waals surface area contributed by atoms with E-state index in [2.05, 4.69) is 39.4 Å². The third-order valence-electron chi connectivity index (χ3n) is 4.40. The number of nitrogens with one attached hydrogen (secondary N) is 1. The van der Waals surface area contributed by atoms with Gasteiger partial charge in [0.15, 0.2) is 0 Å². The number of carbonyl (C=O) groups excluding carboxylic acids is 1. The number of anilines is 1. The fourth-order valence-corrected chi connectivity index (χ4v) is 3.15. The van der Waals surface area contributed by atoms with Crippen LogP contribution in [0.4, 0.5) is 5.69 Å². The van der Waals surface area contributed by atoms with Gasteiger partial charge in [-0.3, -0.25) is 4.79 Å². The Morgan fingerprint density at radius 1 is 0.955 bits per heavy atom. The van der Waals surface area contributed by atoms with E-state index in [0.717, 1.165) is 52.1 Å². The van der Waals surface area contributed by atoms with E-state index in [1.165, 1.54) is 5.69 Å². The molecule has 0 saturated carbocycles. The molecular weight excluding hydrogens is 321 g/mol. The Morgan fingerprint density at radius 3 is 2.14 bits per heavy atom. The molecule has 1 N–H and O–H groups in total. The average Bonchev–Trinajstić information content (AvgIpc) is 2.56. The summed E-state index contributed by atoms with van der Waals surface area (Å²) >= 11 is 0. The first-order valence-corrected chi connectivity index (χ1v) is 7.64. The van der Waals surface area contributed by atoms with Crippen molar-refractivity contribution in [2.45, 2.75) is 12.8 Å². The number of piperazine rings is 1. The highest BCUT2D eigenvalue weighted by Gasteiger charge is 2.28. The predicted octanol–water partition coefficient (Wildman–Crippen LogP) is 2.18. The highest BCUT2D eigenvalue weighted by molar-refractivity contribution is 5.85. The van der Waals surface area contributed by atoms with Crippen LogP contribution in [0.1, 0.15) is 12.8 Å². The lowest BCUT2D eigenvalue weighted by Crippen LogP contribution is -2.51. The first-order chi connectivity index (χ1) is 9.84. The molecule has 2 heterocycles. The van der Waals surface area contributed by atoms with E-state index in [-0.39, 0.29) is 30.7 Å². The van der Waals surface area contributed by atoms with Gasteiger partial charge in [-0.1, -0.05) is 18.2 Å². The van der Waals surface area contributed by atoms with Crippen LogP contribution in [0.3, 0.4) is 0 Å². The van der Waals surface area contributed by atoms with Crippen molar-refractivity contribution in [2.24, 2.45) is 5.92 Å². The molecule has 1 amide bonds. The van der Waals surface area contributed by atoms with Crippen LogP contribution in [-0.2, 0) is 4.79 Å². The number of hydrogen-bond donors (Lipinski definition) is 1. The highest BCUT2D eigenvalue weighted by Crippen LogP contribution is 2.19. The zero-order valence-electron chi connectivity index (χ0n) is 12.7. The minimum atomic E-state index is 0. The Labute approximate surface area is 145 Å². The quantitative estimate of drug-likeness (QED) is 0.892. The standard InChI is InChI=1S/C16H23N3O.2ClH/c20-16(14-6-8-17-9-7-14)19-12-10-18(11-13-19)15-4-2-1-3-5-15;;/h1-5,14,17H,6-13H2;2*1H. The smallest absolute Gasteiger partial charge is 0.225 e. The summed E-state index contributed by atoms with van der Waals surface area (Å²) in [5, 5.41) is 3.32. The lowest BCUT2D eigenvalue weighted by atomic mass is 9.96. The van der Waals surface area contributed by atoms with Gasteiger partial charge in [-0.25, -0.2) is 0 Å². The molecule has 1 aromatic rings. The van der Waals surface area contributed by atoms with Gasteiger partial charge in [0.1, 0.15) is 0 Å². The maximum Gasteiger partial charge on any atom is 0.225 e. The Hall–Kier alpha value is -0.970. The van der Waals surface area contributed by atoms with Crippen molar-refractivity contribution in [3.8, 4) is 0 Å². The van der Waals surface area contributed by atoms with Crippen LogP contribution in [0, 0.1) is 5.92 Å². The fraction of sp³-hybridized carbons (Fsp3) is 0.562. The van der Waals surface area contributed by atoms with E-state index in [1.807, 2.05) is 6.07 Å². The van der Waals surface area contributed by atoms with Crippen molar-refractivity contribution >= 4 is 36.4 Å². The van der Waals surface area contributed by atoms with Crippen molar-refractivity contribution < 1.29 is 4.79 Å². The summed E-state index contributed by atoms with van der Waals surface area (Å²) in [5.74, 6) is 0.624. The number of nitrogens with zero attached hydrogens (tertiary/aromatic N) is 2. The number of para-hydroxylation sites is 1. The van der Waals surface area contributed by atoms with Crippen molar-refractivity contribution in [3.05, 3.63) is 30.3 Å². The summed E-state index contributed by atoms with van der Waals surface area (Å²) in [6.07, 6.45) is 2.00. The molecule has 2 saturated heterocycles. The van der Waals surface area contributed by atoms with Gasteiger partial charge >= 0.3 is 0 Å². The molecular formula is C16H25Cl2N3O. The summed E-state index contributed by atoms with van der Waals surface area (Å²) in [6.45, 7) is 5.58. The van der Waals surface area contributed by atoms with Crippen LogP contribution in [0.2, 0.25) is 0 Å². The van der Waals surface area contributed by atoms with E-state index in [0.29, 0.717) is 5.91 Å². The number of amides is 1. The summed E-state index contributed by atoms with van der Waals surface area (Å²) in [4.78, 5) is 16.9. The molecule has 6 heteroatoms. The Bertz CT molecular complexity index is 444. The molecule has 4 nitrogen and oxygen atoms in total. The topological polar surface area (TPSA) is 35.6 Å². The van der Waals surface area contributed by atoms with Crippen LogP contribution >= 0.6 is 24.8 Å². The lowest BCUT2D eigenvalue weighted by molar-refractivity contribution is -0.136. The van der Waals surface area contributed by atoms with Gasteiger partial charge in [0.25, 0.3) is 0 Å². The second-order valence-electron chi connectivity index (χ2n) is 5.67. The van der Waals surface area contributed by atoms with Crippen LogP contribution < -0.4 is 10.2 Å². The van der Waals surface area contributed by atoms with Crippen LogP contribution in [0.15, 0.2) is 30.3 Å². The number of hydrogen-bond acceptors (Lipinski definition) is 3. The molecule has 0 spiro atoms. The fourth-order valence-electron chi connectivity index (χ4n) is 3.15. The zero-order valence-corrected chi connectivity index (χ0v) is 14.4. The molecule has 3 rings (SSSR count). The Balaban J connectivity index is 0.00000121. The molecule has 1 aromatic carbocycles. The molecule has 0 aromatic heterocycles. The number of carbonyl (C=O) groups is 1. The van der Waals surface area contributed by atoms with Crippen LogP contribution in [0.5, 0.6) is 0 Å². The molecule has 22 heavy (non-hydrogen) atoms. The molecule has 0 aliphatic carbocycles. The van der Waals surface area contributed by atoms with E-state index < -0.39 is 0 Å². The molecule has 2 aliphatic rings. The first-order valence-electron chi connectivity index (χ1n) is 7.64. The maximum atomic E-state index is 12.5. The minimum Gasteiger partial charge on any atom is -0.368 e. The SMILES string of the molecule is Cl.Cl.O=C(C1CCNCC1)N1CCN(c2ccccc2)CC1. The van der Waals surface area contributed by atoms with Crippen molar-refractivity contribution in [1.29, 1.82) is 0 Å². The normalized spacial score (nSPS) is 19.1. The minimum absolute atomic E-state index is 0. The van der Waals surface area contributed by atoms with Crippen LogP contribution in [0.25, 0.3) is 0 Å². The average molecular weight is 346 g/mol. The third-order valence-corrected chi connectivity index (χ3v) is 4.40.